The first kappa shape index (κ1) is 15.0. The molecule has 0 aliphatic heterocycles. The zero-order valence-corrected chi connectivity index (χ0v) is 11.0. The number of hydrogen-bond donors (Lipinski definition) is 3. The van der Waals surface area contributed by atoms with Gasteiger partial charge in [-0.2, -0.15) is 5.10 Å². The van der Waals surface area contributed by atoms with Gasteiger partial charge in [0.2, 0.25) is 0 Å². The number of rotatable bonds is 8. The van der Waals surface area contributed by atoms with Crippen LogP contribution in [0.25, 0.3) is 0 Å². The van der Waals surface area contributed by atoms with Crippen LogP contribution in [0.2, 0.25) is 0 Å². The first-order valence-electron chi connectivity index (χ1n) is 6.38. The van der Waals surface area contributed by atoms with Gasteiger partial charge >= 0.3 is 12.0 Å². The van der Waals surface area contributed by atoms with E-state index in [-0.39, 0.29) is 0 Å². The lowest BCUT2D eigenvalue weighted by atomic mass is 10.1. The molecule has 19 heavy (non-hydrogen) atoms. The monoisotopic (exact) mass is 268 g/mol. The number of carboxylic acid groups (broad SMARTS) is 1. The molecular formula is C12H20N4O3. The van der Waals surface area contributed by atoms with E-state index < -0.39 is 18.0 Å². The molecule has 1 rings (SSSR count). The number of carbonyl (C=O) groups is 2. The van der Waals surface area contributed by atoms with Crippen LogP contribution in [-0.4, -0.2) is 39.5 Å². The number of amides is 2. The first-order valence-corrected chi connectivity index (χ1v) is 6.38. The van der Waals surface area contributed by atoms with Crippen molar-refractivity contribution in [2.24, 2.45) is 0 Å². The summed E-state index contributed by atoms with van der Waals surface area (Å²) < 4.78 is 1.69. The molecule has 0 spiro atoms. The molecule has 0 bridgehead atoms. The molecule has 0 radical (unpaired) electrons. The number of aromatic nitrogens is 2. The van der Waals surface area contributed by atoms with Crippen LogP contribution in [0.1, 0.15) is 26.2 Å². The van der Waals surface area contributed by atoms with E-state index in [4.69, 9.17) is 5.11 Å². The molecule has 3 N–H and O–H groups in total. The number of aliphatic carboxylic acids is 1. The maximum absolute atomic E-state index is 11.5. The number of urea groups is 1. The Morgan fingerprint density at radius 1 is 1.47 bits per heavy atom. The summed E-state index contributed by atoms with van der Waals surface area (Å²) >= 11 is 0. The topological polar surface area (TPSA) is 96.3 Å². The summed E-state index contributed by atoms with van der Waals surface area (Å²) in [7, 11) is 0. The van der Waals surface area contributed by atoms with Crippen molar-refractivity contribution in [2.45, 2.75) is 38.8 Å². The number of carboxylic acids is 1. The van der Waals surface area contributed by atoms with Gasteiger partial charge in [-0.05, 0) is 12.5 Å². The van der Waals surface area contributed by atoms with Gasteiger partial charge in [0.25, 0.3) is 0 Å². The van der Waals surface area contributed by atoms with Crippen molar-refractivity contribution in [3.8, 4) is 0 Å². The van der Waals surface area contributed by atoms with E-state index >= 15 is 0 Å². The van der Waals surface area contributed by atoms with Crippen molar-refractivity contribution in [3.63, 3.8) is 0 Å². The Hall–Kier alpha value is -2.05. The maximum Gasteiger partial charge on any atom is 0.326 e. The number of hydrogen-bond acceptors (Lipinski definition) is 3. The number of carbonyl (C=O) groups excluding carboxylic acids is 1. The van der Waals surface area contributed by atoms with E-state index in [1.54, 1.807) is 23.1 Å². The fourth-order valence-corrected chi connectivity index (χ4v) is 1.59. The van der Waals surface area contributed by atoms with Gasteiger partial charge in [0.15, 0.2) is 0 Å². The lowest BCUT2D eigenvalue weighted by Crippen LogP contribution is -2.46. The standard InChI is InChI=1S/C12H20N4O3/c1-2-3-5-10(11(17)18)15-12(19)13-7-9-16-8-4-6-14-16/h4,6,8,10H,2-3,5,7,9H2,1H3,(H,17,18)(H2,13,15,19). The SMILES string of the molecule is CCCCC(NC(=O)NCCn1cccn1)C(=O)O. The average molecular weight is 268 g/mol. The minimum atomic E-state index is -1.00. The van der Waals surface area contributed by atoms with Gasteiger partial charge in [-0.3, -0.25) is 4.68 Å². The molecule has 1 atom stereocenters. The van der Waals surface area contributed by atoms with E-state index in [0.717, 1.165) is 12.8 Å². The summed E-state index contributed by atoms with van der Waals surface area (Å²) in [5.74, 6) is -1.00. The summed E-state index contributed by atoms with van der Waals surface area (Å²) in [6.45, 7) is 2.92. The number of nitrogens with one attached hydrogen (secondary N) is 2. The van der Waals surface area contributed by atoms with Crippen molar-refractivity contribution in [2.75, 3.05) is 6.54 Å². The highest BCUT2D eigenvalue weighted by atomic mass is 16.4. The van der Waals surface area contributed by atoms with Crippen LogP contribution in [0, 0.1) is 0 Å². The van der Waals surface area contributed by atoms with E-state index in [2.05, 4.69) is 15.7 Å². The quantitative estimate of drug-likeness (QED) is 0.650. The molecule has 0 saturated carbocycles. The predicted octanol–water partition coefficient (Wildman–Crippen LogP) is 0.826. The number of unbranched alkanes of at least 4 members (excludes halogenated alkanes) is 1. The van der Waals surface area contributed by atoms with Gasteiger partial charge in [-0.15, -0.1) is 0 Å². The largest absolute Gasteiger partial charge is 0.480 e. The molecule has 7 nitrogen and oxygen atoms in total. The van der Waals surface area contributed by atoms with Crippen LogP contribution in [0.5, 0.6) is 0 Å². The maximum atomic E-state index is 11.5. The van der Waals surface area contributed by atoms with E-state index in [9.17, 15) is 9.59 Å². The van der Waals surface area contributed by atoms with Gasteiger partial charge in [0, 0.05) is 18.9 Å². The van der Waals surface area contributed by atoms with Crippen molar-refractivity contribution < 1.29 is 14.7 Å². The molecule has 1 aromatic heterocycles. The van der Waals surface area contributed by atoms with Crippen LogP contribution < -0.4 is 10.6 Å². The lowest BCUT2D eigenvalue weighted by Gasteiger charge is -2.14. The minimum Gasteiger partial charge on any atom is -0.480 e. The summed E-state index contributed by atoms with van der Waals surface area (Å²) in [6, 6.07) is 0.506. The van der Waals surface area contributed by atoms with Crippen molar-refractivity contribution in [1.82, 2.24) is 20.4 Å². The van der Waals surface area contributed by atoms with Crippen LogP contribution in [0.3, 0.4) is 0 Å². The average Bonchev–Trinajstić information content (AvgIpc) is 2.87. The van der Waals surface area contributed by atoms with Gasteiger partial charge < -0.3 is 15.7 Å². The highest BCUT2D eigenvalue weighted by molar-refractivity contribution is 5.82. The van der Waals surface area contributed by atoms with Gasteiger partial charge in [0.05, 0.1) is 6.54 Å². The molecule has 1 heterocycles. The van der Waals surface area contributed by atoms with Gasteiger partial charge in [0.1, 0.15) is 6.04 Å². The Morgan fingerprint density at radius 3 is 2.84 bits per heavy atom. The van der Waals surface area contributed by atoms with Crippen LogP contribution in [0.15, 0.2) is 18.5 Å². The van der Waals surface area contributed by atoms with Gasteiger partial charge in [-0.1, -0.05) is 19.8 Å². The van der Waals surface area contributed by atoms with Crippen LogP contribution in [0.4, 0.5) is 4.79 Å². The number of nitrogens with zero attached hydrogens (tertiary/aromatic N) is 2. The Bertz CT molecular complexity index is 392. The molecule has 1 unspecified atom stereocenters. The van der Waals surface area contributed by atoms with E-state index in [1.807, 2.05) is 6.92 Å². The summed E-state index contributed by atoms with van der Waals surface area (Å²) in [5, 5.41) is 18.0. The molecule has 2 amide bonds. The molecular weight excluding hydrogens is 248 g/mol. The van der Waals surface area contributed by atoms with Crippen molar-refractivity contribution >= 4 is 12.0 Å². The molecule has 0 saturated heterocycles. The smallest absolute Gasteiger partial charge is 0.326 e. The van der Waals surface area contributed by atoms with Gasteiger partial charge in [-0.25, -0.2) is 9.59 Å². The molecule has 7 heteroatoms. The zero-order chi connectivity index (χ0) is 14.1. The van der Waals surface area contributed by atoms with Crippen molar-refractivity contribution in [3.05, 3.63) is 18.5 Å². The summed E-state index contributed by atoms with van der Waals surface area (Å²) in [5.41, 5.74) is 0. The lowest BCUT2D eigenvalue weighted by molar-refractivity contribution is -0.139. The second-order valence-electron chi connectivity index (χ2n) is 4.20. The predicted molar refractivity (Wildman–Crippen MR) is 69.7 cm³/mol. The second kappa shape index (κ2) is 8.12. The normalized spacial score (nSPS) is 11.8. The molecule has 0 fully saturated rings. The fraction of sp³-hybridized carbons (Fsp3) is 0.583. The van der Waals surface area contributed by atoms with Crippen LogP contribution >= 0.6 is 0 Å². The van der Waals surface area contributed by atoms with Crippen LogP contribution in [-0.2, 0) is 11.3 Å². The highest BCUT2D eigenvalue weighted by Crippen LogP contribution is 2.00. The van der Waals surface area contributed by atoms with E-state index in [0.29, 0.717) is 19.5 Å². The second-order valence-corrected chi connectivity index (χ2v) is 4.20. The minimum absolute atomic E-state index is 0.396. The zero-order valence-electron chi connectivity index (χ0n) is 11.0. The van der Waals surface area contributed by atoms with E-state index in [1.165, 1.54) is 0 Å². The molecule has 0 aliphatic carbocycles. The third-order valence-electron chi connectivity index (χ3n) is 2.64. The highest BCUT2D eigenvalue weighted by Gasteiger charge is 2.18. The molecule has 1 aromatic rings. The van der Waals surface area contributed by atoms with Crippen molar-refractivity contribution in [1.29, 1.82) is 0 Å². The fourth-order valence-electron chi connectivity index (χ4n) is 1.59. The Labute approximate surface area is 112 Å². The Kier molecular flexibility index (Phi) is 6.42. The molecule has 0 aliphatic rings. The Morgan fingerprint density at radius 2 is 2.26 bits per heavy atom. The third-order valence-corrected chi connectivity index (χ3v) is 2.64. The third kappa shape index (κ3) is 5.89. The molecule has 0 aromatic carbocycles. The first-order chi connectivity index (χ1) is 9.13. The molecule has 106 valence electrons. The summed E-state index contributed by atoms with van der Waals surface area (Å²) in [4.78, 5) is 22.5. The Balaban J connectivity index is 2.25. The summed E-state index contributed by atoms with van der Waals surface area (Å²) in [6.07, 6.45) is 5.56.